The van der Waals surface area contributed by atoms with E-state index >= 15 is 0 Å². The summed E-state index contributed by atoms with van der Waals surface area (Å²) in [7, 11) is 0. The van der Waals surface area contributed by atoms with E-state index in [1.54, 1.807) is 55.4 Å². The summed E-state index contributed by atoms with van der Waals surface area (Å²) in [6.07, 6.45) is -5.83. The molecule has 1 aromatic rings. The second-order valence-electron chi connectivity index (χ2n) is 16.0. The van der Waals surface area contributed by atoms with Gasteiger partial charge < -0.3 is 69.8 Å². The Labute approximate surface area is 382 Å². The maximum atomic E-state index is 13.1. The largest absolute Gasteiger partial charge is 0.514 e. The number of nitro groups is 1. The first-order valence-electron chi connectivity index (χ1n) is 20.1. The number of ether oxygens (including phenoxy) is 8. The summed E-state index contributed by atoms with van der Waals surface area (Å²) in [6, 6.07) is 4.37. The van der Waals surface area contributed by atoms with Crippen molar-refractivity contribution in [3.63, 3.8) is 0 Å². The van der Waals surface area contributed by atoms with E-state index in [4.69, 9.17) is 37.9 Å². The van der Waals surface area contributed by atoms with Gasteiger partial charge in [-0.05, 0) is 91.8 Å². The van der Waals surface area contributed by atoms with Gasteiger partial charge in [0.2, 0.25) is 0 Å². The summed E-state index contributed by atoms with van der Waals surface area (Å²) in [5.74, 6) is -0.162. The molecule has 0 unspecified atom stereocenters. The lowest BCUT2D eigenvalue weighted by Gasteiger charge is -2.25. The van der Waals surface area contributed by atoms with Crippen molar-refractivity contribution in [3.05, 3.63) is 85.0 Å². The molecule has 0 atom stereocenters. The molecule has 0 saturated heterocycles. The maximum Gasteiger partial charge on any atom is 0.514 e. The molecule has 366 valence electrons. The van der Waals surface area contributed by atoms with Crippen molar-refractivity contribution in [1.82, 2.24) is 31.9 Å². The van der Waals surface area contributed by atoms with Gasteiger partial charge in [-0.3, -0.25) is 10.1 Å². The summed E-state index contributed by atoms with van der Waals surface area (Å²) in [6.45, 7) is 24.2. The zero-order valence-corrected chi connectivity index (χ0v) is 38.3. The second kappa shape index (κ2) is 26.3. The number of nitrogens with one attached hydrogen (secondary N) is 6. The van der Waals surface area contributed by atoms with Gasteiger partial charge in [-0.2, -0.15) is 0 Å². The number of benzene rings is 1. The maximum absolute atomic E-state index is 13.1. The first kappa shape index (κ1) is 56.5. The van der Waals surface area contributed by atoms with Crippen molar-refractivity contribution in [2.75, 3.05) is 39.3 Å². The van der Waals surface area contributed by atoms with Gasteiger partial charge in [0.05, 0.1) is 44.2 Å². The second-order valence-corrected chi connectivity index (χ2v) is 16.0. The monoisotopic (exact) mass is 935 g/mol. The highest BCUT2D eigenvalue weighted by atomic mass is 16.7. The van der Waals surface area contributed by atoms with Crippen molar-refractivity contribution in [2.24, 2.45) is 0 Å². The number of carbonyl (C=O) groups is 7. The molecular weight excluding hydrogens is 874 g/mol. The smallest absolute Gasteiger partial charge is 0.442 e. The molecule has 6 amide bonds. The molecule has 0 aliphatic rings. The Morgan fingerprint density at radius 1 is 0.500 bits per heavy atom. The predicted octanol–water partition coefficient (Wildman–Crippen LogP) is 5.43. The lowest BCUT2D eigenvalue weighted by atomic mass is 10.1. The number of rotatable bonds is 25. The van der Waals surface area contributed by atoms with Crippen LogP contribution in [0.15, 0.2) is 74.9 Å². The van der Waals surface area contributed by atoms with E-state index in [0.717, 1.165) is 24.3 Å². The van der Waals surface area contributed by atoms with Crippen molar-refractivity contribution in [2.45, 2.75) is 96.1 Å². The van der Waals surface area contributed by atoms with Crippen LogP contribution in [0, 0.1) is 10.1 Å². The average Bonchev–Trinajstić information content (AvgIpc) is 3.23. The number of hydrogen-bond donors (Lipinski definition) is 6. The summed E-state index contributed by atoms with van der Waals surface area (Å²) in [4.78, 5) is 99.4. The number of amides is 6. The van der Waals surface area contributed by atoms with Crippen LogP contribution < -0.4 is 36.6 Å². The van der Waals surface area contributed by atoms with Gasteiger partial charge in [0, 0.05) is 12.1 Å². The van der Waals surface area contributed by atoms with Crippen LogP contribution in [0.25, 0.3) is 0 Å². The Morgan fingerprint density at radius 3 is 1.02 bits per heavy atom. The van der Waals surface area contributed by atoms with E-state index in [9.17, 15) is 43.7 Å². The van der Waals surface area contributed by atoms with Crippen LogP contribution in [0.4, 0.5) is 39.2 Å². The van der Waals surface area contributed by atoms with Gasteiger partial charge >= 0.3 is 42.7 Å². The fourth-order valence-corrected chi connectivity index (χ4v) is 4.19. The molecule has 0 spiro atoms. The minimum Gasteiger partial charge on any atom is -0.442 e. The summed E-state index contributed by atoms with van der Waals surface area (Å²) < 4.78 is 42.3. The minimum atomic E-state index is -1.46. The number of hydrogen-bond acceptors (Lipinski definition) is 17. The average molecular weight is 936 g/mol. The zero-order valence-electron chi connectivity index (χ0n) is 38.3. The zero-order chi connectivity index (χ0) is 50.3. The molecule has 66 heavy (non-hydrogen) atoms. The molecule has 1 aromatic carbocycles. The molecule has 0 bridgehead atoms. The van der Waals surface area contributed by atoms with Crippen LogP contribution in [0.1, 0.15) is 55.4 Å². The molecule has 0 aromatic heterocycles. The van der Waals surface area contributed by atoms with Crippen LogP contribution >= 0.6 is 0 Å². The van der Waals surface area contributed by atoms with Gasteiger partial charge in [0.15, 0.2) is 0 Å². The van der Waals surface area contributed by atoms with Gasteiger partial charge in [-0.25, -0.2) is 33.6 Å². The van der Waals surface area contributed by atoms with E-state index in [0.29, 0.717) is 0 Å². The predicted molar refractivity (Wildman–Crippen MR) is 236 cm³/mol. The molecule has 0 aliphatic carbocycles. The van der Waals surface area contributed by atoms with Gasteiger partial charge in [0.1, 0.15) is 46.5 Å². The third-order valence-corrected chi connectivity index (χ3v) is 8.29. The van der Waals surface area contributed by atoms with E-state index in [1.807, 2.05) is 0 Å². The fraction of sp³-hybridized carbons (Fsp3) is 0.500. The Hall–Kier alpha value is -7.53. The van der Waals surface area contributed by atoms with Crippen LogP contribution in [0.3, 0.4) is 0 Å². The van der Waals surface area contributed by atoms with E-state index in [-0.39, 0.29) is 11.4 Å². The lowest BCUT2D eigenvalue weighted by molar-refractivity contribution is -0.384. The van der Waals surface area contributed by atoms with E-state index in [1.165, 1.54) is 24.3 Å². The van der Waals surface area contributed by atoms with Crippen molar-refractivity contribution >= 4 is 48.4 Å². The summed E-state index contributed by atoms with van der Waals surface area (Å²) >= 11 is 0. The number of non-ortho nitro benzene ring substituents is 1. The number of alkyl carbamates (subject to hydrolysis) is 6. The van der Waals surface area contributed by atoms with Crippen molar-refractivity contribution in [3.8, 4) is 5.75 Å². The third-order valence-electron chi connectivity index (χ3n) is 8.29. The quantitative estimate of drug-likeness (QED) is 0.0178. The van der Waals surface area contributed by atoms with Gasteiger partial charge in [0.25, 0.3) is 5.69 Å². The molecule has 24 heteroatoms. The Bertz CT molecular complexity index is 1730. The molecule has 6 N–H and O–H groups in total. The van der Waals surface area contributed by atoms with Crippen LogP contribution in [-0.4, -0.2) is 128 Å². The molecule has 0 heterocycles. The Balaban J connectivity index is 3.24. The first-order valence-corrected chi connectivity index (χ1v) is 20.1. The summed E-state index contributed by atoms with van der Waals surface area (Å²) in [5.41, 5.74) is -4.54. The van der Waals surface area contributed by atoms with Crippen LogP contribution in [0.2, 0.25) is 0 Å². The molecule has 0 aliphatic heterocycles. The van der Waals surface area contributed by atoms with E-state index < -0.39 is 128 Å². The SMILES string of the molecule is C=CC(C)(C)OC(=O)NCC(CNC(=O)OC(C)(C)C=C)OC(=O)NCC(CNC(=O)OC(CNC(=O)OC(C)(C)C=C)CNC(=O)OC(C)(C)C=C)OC(=O)Oc1ccc([N+](=O)[O-])cc1. The highest BCUT2D eigenvalue weighted by Crippen LogP contribution is 2.18. The molecule has 24 nitrogen and oxygen atoms in total. The lowest BCUT2D eigenvalue weighted by Crippen LogP contribution is -2.48. The number of nitro benzene ring substituents is 1. The molecule has 0 radical (unpaired) electrons. The third kappa shape index (κ3) is 24.4. The number of carbonyl (C=O) groups excluding carboxylic acids is 7. The molecular formula is C42H61N7O17. The standard InChI is InChI=1S/C42H61N7O17/c1-13-39(5,6)63-34(52)45-21-29(22-46-35(53)64-40(7,8)14-2)59-32(50)43-25-31(62-38(56)61-28-19-17-27(18-20-28)49(57)58)26-44-33(51)60-30(23-47-36(54)65-41(9,10)15-3)24-48-37(55)66-42(11,12)16-4/h13-20,29-31H,1-4,21-26H2,5-12H3,(H,43,50)(H,44,51)(H,45,52)(H,46,53)(H,47,54)(H,48,55). The minimum absolute atomic E-state index is 0.162. The van der Waals surface area contributed by atoms with Crippen molar-refractivity contribution in [1.29, 1.82) is 0 Å². The Kier molecular flexibility index (Phi) is 22.5. The molecule has 0 saturated carbocycles. The normalized spacial score (nSPS) is 11.4. The van der Waals surface area contributed by atoms with E-state index in [2.05, 4.69) is 58.2 Å². The van der Waals surface area contributed by atoms with Gasteiger partial charge in [-0.1, -0.05) is 26.3 Å². The fourth-order valence-electron chi connectivity index (χ4n) is 4.19. The van der Waals surface area contributed by atoms with Crippen LogP contribution in [-0.2, 0) is 33.2 Å². The molecule has 1 rings (SSSR count). The first-order chi connectivity index (χ1) is 30.6. The molecule has 0 fully saturated rings. The van der Waals surface area contributed by atoms with Gasteiger partial charge in [-0.15, -0.1) is 0 Å². The highest BCUT2D eigenvalue weighted by molar-refractivity contribution is 5.71. The summed E-state index contributed by atoms with van der Waals surface area (Å²) in [5, 5.41) is 25.4. The highest BCUT2D eigenvalue weighted by Gasteiger charge is 2.27. The number of nitrogens with zero attached hydrogens (tertiary/aromatic N) is 1. The van der Waals surface area contributed by atoms with Crippen LogP contribution in [0.5, 0.6) is 5.75 Å². The topological polar surface area (TPSA) is 309 Å². The Morgan fingerprint density at radius 2 is 0.758 bits per heavy atom. The van der Waals surface area contributed by atoms with Crippen molar-refractivity contribution < 1.29 is 76.4 Å².